The maximum atomic E-state index is 5.99. The zero-order valence-corrected chi connectivity index (χ0v) is 20.6. The first-order valence-corrected chi connectivity index (χ1v) is 10.6. The van der Waals surface area contributed by atoms with Gasteiger partial charge in [-0.2, -0.15) is 0 Å². The lowest BCUT2D eigenvalue weighted by atomic mass is 10.2. The Kier molecular flexibility index (Phi) is 10.2. The van der Waals surface area contributed by atoms with Gasteiger partial charge < -0.3 is 20.3 Å². The lowest BCUT2D eigenvalue weighted by Gasteiger charge is -2.19. The summed E-state index contributed by atoms with van der Waals surface area (Å²) in [5.41, 5.74) is 2.26. The van der Waals surface area contributed by atoms with Gasteiger partial charge >= 0.3 is 0 Å². The summed E-state index contributed by atoms with van der Waals surface area (Å²) in [7, 11) is 1.78. The summed E-state index contributed by atoms with van der Waals surface area (Å²) in [6, 6.07) is 12.4. The van der Waals surface area contributed by atoms with Crippen LogP contribution in [0.5, 0.6) is 5.75 Å². The number of anilines is 1. The van der Waals surface area contributed by atoms with Crippen molar-refractivity contribution < 1.29 is 4.74 Å². The van der Waals surface area contributed by atoms with Crippen LogP contribution in [0.2, 0.25) is 0 Å². The fourth-order valence-corrected chi connectivity index (χ4v) is 3.12. The van der Waals surface area contributed by atoms with E-state index in [2.05, 4.69) is 57.6 Å². The van der Waals surface area contributed by atoms with Crippen molar-refractivity contribution in [1.82, 2.24) is 15.6 Å². The van der Waals surface area contributed by atoms with Crippen LogP contribution in [0, 0.1) is 5.92 Å². The number of aliphatic imine (C=N–C) groups is 1. The zero-order valence-electron chi connectivity index (χ0n) is 18.2. The topological polar surface area (TPSA) is 61.8 Å². The molecule has 2 N–H and O–H groups in total. The van der Waals surface area contributed by atoms with Crippen LogP contribution in [0.4, 0.5) is 5.82 Å². The van der Waals surface area contributed by atoms with Gasteiger partial charge in [0.05, 0.1) is 6.61 Å². The van der Waals surface area contributed by atoms with Crippen molar-refractivity contribution in [3.05, 3.63) is 53.7 Å². The monoisotopic (exact) mass is 523 g/mol. The highest BCUT2D eigenvalue weighted by Crippen LogP contribution is 2.30. The Balaban J connectivity index is 0.00000320. The van der Waals surface area contributed by atoms with Gasteiger partial charge in [-0.05, 0) is 50.3 Å². The van der Waals surface area contributed by atoms with Gasteiger partial charge in [0.15, 0.2) is 5.96 Å². The van der Waals surface area contributed by atoms with Gasteiger partial charge in [0.25, 0.3) is 0 Å². The second kappa shape index (κ2) is 12.6. The Hall–Kier alpha value is -2.03. The quantitative estimate of drug-likeness (QED) is 0.278. The number of benzene rings is 1. The first kappa shape index (κ1) is 24.2. The van der Waals surface area contributed by atoms with E-state index in [1.165, 1.54) is 12.8 Å². The number of hydrogen-bond acceptors (Lipinski definition) is 4. The molecule has 164 valence electrons. The fraction of sp³-hybridized carbons (Fsp3) is 0.478. The minimum Gasteiger partial charge on any atom is -0.493 e. The van der Waals surface area contributed by atoms with E-state index >= 15 is 0 Å². The van der Waals surface area contributed by atoms with E-state index in [9.17, 15) is 0 Å². The minimum absolute atomic E-state index is 0. The first-order valence-electron chi connectivity index (χ1n) is 10.6. The van der Waals surface area contributed by atoms with Gasteiger partial charge in [-0.15, -0.1) is 24.0 Å². The maximum absolute atomic E-state index is 5.99. The van der Waals surface area contributed by atoms with E-state index in [-0.39, 0.29) is 24.0 Å². The molecular formula is C23H34IN5O. The van der Waals surface area contributed by atoms with Crippen LogP contribution in [0.3, 0.4) is 0 Å². The zero-order chi connectivity index (χ0) is 20.5. The van der Waals surface area contributed by atoms with Gasteiger partial charge in [-0.1, -0.05) is 24.3 Å². The van der Waals surface area contributed by atoms with Crippen LogP contribution < -0.4 is 20.3 Å². The molecule has 1 heterocycles. The molecule has 0 aliphatic heterocycles. The number of ether oxygens (including phenoxy) is 1. The van der Waals surface area contributed by atoms with Gasteiger partial charge in [-0.25, -0.2) is 4.98 Å². The van der Waals surface area contributed by atoms with Crippen molar-refractivity contribution in [2.75, 3.05) is 31.6 Å². The van der Waals surface area contributed by atoms with Crippen molar-refractivity contribution >= 4 is 35.8 Å². The molecular weight excluding hydrogens is 489 g/mol. The number of nitrogens with zero attached hydrogens (tertiary/aromatic N) is 3. The predicted octanol–water partition coefficient (Wildman–Crippen LogP) is 4.20. The summed E-state index contributed by atoms with van der Waals surface area (Å²) >= 11 is 0. The molecule has 6 nitrogen and oxygen atoms in total. The van der Waals surface area contributed by atoms with Gasteiger partial charge in [0.1, 0.15) is 11.6 Å². The highest BCUT2D eigenvalue weighted by atomic mass is 127. The van der Waals surface area contributed by atoms with Crippen LogP contribution >= 0.6 is 24.0 Å². The lowest BCUT2D eigenvalue weighted by molar-refractivity contribution is 0.296. The Labute approximate surface area is 197 Å². The molecule has 1 aliphatic rings. The predicted molar refractivity (Wildman–Crippen MR) is 135 cm³/mol. The molecule has 1 aliphatic carbocycles. The molecule has 1 aromatic heterocycles. The third-order valence-electron chi connectivity index (χ3n) is 5.17. The third kappa shape index (κ3) is 7.34. The third-order valence-corrected chi connectivity index (χ3v) is 5.17. The number of hydrogen-bond donors (Lipinski definition) is 2. The molecule has 0 unspecified atom stereocenters. The van der Waals surface area contributed by atoms with Crippen LogP contribution in [0.15, 0.2) is 47.6 Å². The molecule has 0 amide bonds. The Bertz CT molecular complexity index is 788. The van der Waals surface area contributed by atoms with Crippen LogP contribution in [-0.4, -0.2) is 37.7 Å². The van der Waals surface area contributed by atoms with E-state index < -0.39 is 0 Å². The summed E-state index contributed by atoms with van der Waals surface area (Å²) in [5.74, 6) is 3.48. The second-order valence-electron chi connectivity index (χ2n) is 7.34. The number of nitrogens with one attached hydrogen (secondary N) is 2. The molecule has 1 aromatic carbocycles. The number of aromatic nitrogens is 1. The molecule has 7 heteroatoms. The summed E-state index contributed by atoms with van der Waals surface area (Å²) < 4.78 is 5.99. The van der Waals surface area contributed by atoms with Crippen molar-refractivity contribution in [2.45, 2.75) is 39.8 Å². The van der Waals surface area contributed by atoms with Gasteiger partial charge in [-0.3, -0.25) is 4.99 Å². The van der Waals surface area contributed by atoms with E-state index in [1.54, 1.807) is 7.05 Å². The maximum Gasteiger partial charge on any atom is 0.191 e. The number of rotatable bonds is 10. The Morgan fingerprint density at radius 1 is 1.10 bits per heavy atom. The Morgan fingerprint density at radius 3 is 2.47 bits per heavy atom. The summed E-state index contributed by atoms with van der Waals surface area (Å²) in [6.45, 7) is 8.37. The van der Waals surface area contributed by atoms with Gasteiger partial charge in [0.2, 0.25) is 0 Å². The lowest BCUT2D eigenvalue weighted by Crippen LogP contribution is -2.36. The fourth-order valence-electron chi connectivity index (χ4n) is 3.12. The Morgan fingerprint density at radius 2 is 1.83 bits per heavy atom. The molecule has 0 radical (unpaired) electrons. The number of pyridine rings is 1. The minimum atomic E-state index is 0. The second-order valence-corrected chi connectivity index (χ2v) is 7.34. The molecule has 1 saturated carbocycles. The molecule has 1 fully saturated rings. The SMILES string of the molecule is CCN(CC)c1ccc(CNC(=NC)NCc2ccccc2OCC2CC2)cn1.I. The molecule has 0 saturated heterocycles. The van der Waals surface area contributed by atoms with E-state index in [0.29, 0.717) is 13.1 Å². The van der Waals surface area contributed by atoms with Gasteiger partial charge in [0, 0.05) is 45.0 Å². The highest BCUT2D eigenvalue weighted by Gasteiger charge is 2.22. The van der Waals surface area contributed by atoms with Crippen molar-refractivity contribution in [2.24, 2.45) is 10.9 Å². The number of halogens is 1. The molecule has 0 spiro atoms. The summed E-state index contributed by atoms with van der Waals surface area (Å²) in [5, 5.41) is 6.73. The summed E-state index contributed by atoms with van der Waals surface area (Å²) in [6.07, 6.45) is 4.51. The molecule has 30 heavy (non-hydrogen) atoms. The van der Waals surface area contributed by atoms with Crippen molar-refractivity contribution in [3.8, 4) is 5.75 Å². The highest BCUT2D eigenvalue weighted by molar-refractivity contribution is 14.0. The smallest absolute Gasteiger partial charge is 0.191 e. The van der Waals surface area contributed by atoms with E-state index in [4.69, 9.17) is 4.74 Å². The molecule has 3 rings (SSSR count). The summed E-state index contributed by atoms with van der Waals surface area (Å²) in [4.78, 5) is 11.1. The average molecular weight is 523 g/mol. The molecule has 0 bridgehead atoms. The van der Waals surface area contributed by atoms with Crippen molar-refractivity contribution in [1.29, 1.82) is 0 Å². The largest absolute Gasteiger partial charge is 0.493 e. The van der Waals surface area contributed by atoms with Crippen LogP contribution in [-0.2, 0) is 13.1 Å². The van der Waals surface area contributed by atoms with Crippen molar-refractivity contribution in [3.63, 3.8) is 0 Å². The standard InChI is InChI=1S/C23H33N5O.HI/c1-4-28(5-2)22-13-12-19(14-25-22)15-26-23(24-3)27-16-20-8-6-7-9-21(20)29-17-18-10-11-18;/h6-9,12-14,18H,4-5,10-11,15-17H2,1-3H3,(H2,24,26,27);1H. The first-order chi connectivity index (χ1) is 14.2. The van der Waals surface area contributed by atoms with Crippen LogP contribution in [0.1, 0.15) is 37.8 Å². The van der Waals surface area contributed by atoms with E-state index in [0.717, 1.165) is 54.3 Å². The average Bonchev–Trinajstić information content (AvgIpc) is 3.59. The number of guanidine groups is 1. The van der Waals surface area contributed by atoms with E-state index in [1.807, 2.05) is 24.4 Å². The molecule has 2 aromatic rings. The van der Waals surface area contributed by atoms with Crippen LogP contribution in [0.25, 0.3) is 0 Å². The number of para-hydroxylation sites is 1. The normalized spacial score (nSPS) is 13.4. The molecule has 0 atom stereocenters.